The van der Waals surface area contributed by atoms with Crippen LogP contribution >= 0.6 is 0 Å². The van der Waals surface area contributed by atoms with Crippen molar-refractivity contribution < 1.29 is 22.3 Å². The molecule has 0 aliphatic carbocycles. The molecule has 2 N–H and O–H groups in total. The lowest BCUT2D eigenvalue weighted by Crippen LogP contribution is -2.14. The van der Waals surface area contributed by atoms with Gasteiger partial charge >= 0.3 is 5.97 Å². The van der Waals surface area contributed by atoms with Crippen molar-refractivity contribution >= 4 is 26.8 Å². The molecule has 3 aromatic carbocycles. The Balaban J connectivity index is 1.86. The molecule has 0 aliphatic rings. The Morgan fingerprint density at radius 1 is 1.04 bits per heavy atom. The molecule has 0 unspecified atom stereocenters. The average Bonchev–Trinajstić information content (AvgIpc) is 2.59. The quantitative estimate of drug-likeness (QED) is 0.726. The molecule has 0 fully saturated rings. The van der Waals surface area contributed by atoms with Crippen LogP contribution in [-0.2, 0) is 21.4 Å². The molecular weight excluding hydrogens is 345 g/mol. The Morgan fingerprint density at radius 2 is 1.76 bits per heavy atom. The molecule has 3 rings (SSSR count). The molecular formula is C18H14FNO4S. The average molecular weight is 359 g/mol. The van der Waals surface area contributed by atoms with Gasteiger partial charge in [-0.15, -0.1) is 0 Å². The number of hydrogen-bond acceptors (Lipinski definition) is 4. The van der Waals surface area contributed by atoms with Crippen LogP contribution in [-0.4, -0.2) is 14.4 Å². The smallest absolute Gasteiger partial charge is 0.341 e. The summed E-state index contributed by atoms with van der Waals surface area (Å²) in [5.41, 5.74) is 0.279. The normalized spacial score (nSPS) is 11.4. The van der Waals surface area contributed by atoms with Gasteiger partial charge in [0.25, 0.3) is 0 Å². The van der Waals surface area contributed by atoms with Gasteiger partial charge in [0.15, 0.2) is 0 Å². The molecule has 0 bridgehead atoms. The highest BCUT2D eigenvalue weighted by molar-refractivity contribution is 7.89. The zero-order valence-electron chi connectivity index (χ0n) is 13.0. The van der Waals surface area contributed by atoms with E-state index in [1.54, 1.807) is 6.07 Å². The van der Waals surface area contributed by atoms with Gasteiger partial charge in [-0.1, -0.05) is 42.5 Å². The molecule has 5 nitrogen and oxygen atoms in total. The van der Waals surface area contributed by atoms with E-state index in [-0.39, 0.29) is 11.5 Å². The van der Waals surface area contributed by atoms with Crippen molar-refractivity contribution in [3.05, 3.63) is 77.6 Å². The number of carbonyl (C=O) groups excluding carboxylic acids is 1. The van der Waals surface area contributed by atoms with E-state index in [1.165, 1.54) is 0 Å². The number of carbonyl (C=O) groups is 1. The summed E-state index contributed by atoms with van der Waals surface area (Å²) in [6, 6.07) is 15.9. The molecule has 3 aromatic rings. The van der Waals surface area contributed by atoms with Gasteiger partial charge in [0.2, 0.25) is 10.0 Å². The molecule has 0 saturated carbocycles. The Kier molecular flexibility index (Phi) is 4.52. The zero-order chi connectivity index (χ0) is 18.0. The van der Waals surface area contributed by atoms with Crippen LogP contribution in [0.5, 0.6) is 0 Å². The molecule has 0 aliphatic heterocycles. The first kappa shape index (κ1) is 17.1. The van der Waals surface area contributed by atoms with Crippen molar-refractivity contribution in [2.24, 2.45) is 5.14 Å². The van der Waals surface area contributed by atoms with Crippen LogP contribution in [0.4, 0.5) is 4.39 Å². The fourth-order valence-corrected chi connectivity index (χ4v) is 3.02. The second-order valence-electron chi connectivity index (χ2n) is 5.40. The summed E-state index contributed by atoms with van der Waals surface area (Å²) in [6.45, 7) is -0.0702. The van der Waals surface area contributed by atoms with Crippen LogP contribution in [0.2, 0.25) is 0 Å². The van der Waals surface area contributed by atoms with Gasteiger partial charge in [0.05, 0.1) is 10.5 Å². The van der Waals surface area contributed by atoms with Gasteiger partial charge in [0.1, 0.15) is 12.4 Å². The summed E-state index contributed by atoms with van der Waals surface area (Å²) in [5, 5.41) is 6.90. The Morgan fingerprint density at radius 3 is 2.52 bits per heavy atom. The summed E-state index contributed by atoms with van der Waals surface area (Å²) in [4.78, 5) is 11.8. The summed E-state index contributed by atoms with van der Waals surface area (Å²) in [5.74, 6) is -1.84. The minimum absolute atomic E-state index is 0.0702. The van der Waals surface area contributed by atoms with Gasteiger partial charge in [-0.3, -0.25) is 0 Å². The first-order valence-electron chi connectivity index (χ1n) is 7.32. The SMILES string of the molecule is NS(=O)(=O)c1ccc(F)c(C(=O)OCc2cccc3ccccc23)c1. The third-order valence-electron chi connectivity index (χ3n) is 3.72. The summed E-state index contributed by atoms with van der Waals surface area (Å²) < 4.78 is 41.7. The fourth-order valence-electron chi connectivity index (χ4n) is 2.48. The molecule has 25 heavy (non-hydrogen) atoms. The molecule has 0 radical (unpaired) electrons. The lowest BCUT2D eigenvalue weighted by Gasteiger charge is -2.09. The highest BCUT2D eigenvalue weighted by atomic mass is 32.2. The number of ether oxygens (including phenoxy) is 1. The summed E-state index contributed by atoms with van der Waals surface area (Å²) in [6.07, 6.45) is 0. The van der Waals surface area contributed by atoms with Crippen molar-refractivity contribution in [3.63, 3.8) is 0 Å². The fraction of sp³-hybridized carbons (Fsp3) is 0.0556. The van der Waals surface area contributed by atoms with E-state index in [4.69, 9.17) is 9.88 Å². The Labute approximate surface area is 143 Å². The summed E-state index contributed by atoms with van der Waals surface area (Å²) >= 11 is 0. The van der Waals surface area contributed by atoms with Crippen molar-refractivity contribution in [2.75, 3.05) is 0 Å². The van der Waals surface area contributed by atoms with Gasteiger partial charge < -0.3 is 4.74 Å². The predicted molar refractivity (Wildman–Crippen MR) is 90.8 cm³/mol. The second-order valence-corrected chi connectivity index (χ2v) is 6.96. The number of halogens is 1. The molecule has 0 aromatic heterocycles. The summed E-state index contributed by atoms with van der Waals surface area (Å²) in [7, 11) is -4.05. The largest absolute Gasteiger partial charge is 0.457 e. The highest BCUT2D eigenvalue weighted by Gasteiger charge is 2.18. The first-order chi connectivity index (χ1) is 11.9. The highest BCUT2D eigenvalue weighted by Crippen LogP contribution is 2.20. The molecule has 7 heteroatoms. The Bertz CT molecular complexity index is 1060. The van der Waals surface area contributed by atoms with Crippen molar-refractivity contribution in [3.8, 4) is 0 Å². The maximum atomic E-state index is 13.9. The number of sulfonamides is 1. The minimum Gasteiger partial charge on any atom is -0.457 e. The van der Waals surface area contributed by atoms with Gasteiger partial charge in [-0.05, 0) is 34.5 Å². The van der Waals surface area contributed by atoms with Crippen LogP contribution in [0.3, 0.4) is 0 Å². The molecule has 0 amide bonds. The van der Waals surface area contributed by atoms with E-state index in [2.05, 4.69) is 0 Å². The lowest BCUT2D eigenvalue weighted by molar-refractivity contribution is 0.0468. The predicted octanol–water partition coefficient (Wildman–Crippen LogP) is 2.98. The Hall–Kier alpha value is -2.77. The topological polar surface area (TPSA) is 86.5 Å². The van der Waals surface area contributed by atoms with E-state index in [1.807, 2.05) is 36.4 Å². The molecule has 0 spiro atoms. The maximum absolute atomic E-state index is 13.9. The van der Waals surface area contributed by atoms with Crippen LogP contribution in [0.25, 0.3) is 10.8 Å². The van der Waals surface area contributed by atoms with Crippen molar-refractivity contribution in [2.45, 2.75) is 11.5 Å². The van der Waals surface area contributed by atoms with Crippen molar-refractivity contribution in [1.82, 2.24) is 0 Å². The third kappa shape index (κ3) is 3.67. The van der Waals surface area contributed by atoms with Crippen LogP contribution in [0.1, 0.15) is 15.9 Å². The molecule has 128 valence electrons. The number of fused-ring (bicyclic) bond motifs is 1. The van der Waals surface area contributed by atoms with Crippen LogP contribution in [0.15, 0.2) is 65.6 Å². The van der Waals surface area contributed by atoms with E-state index >= 15 is 0 Å². The van der Waals surface area contributed by atoms with E-state index < -0.39 is 27.4 Å². The van der Waals surface area contributed by atoms with E-state index in [0.717, 1.165) is 34.5 Å². The molecule has 0 heterocycles. The first-order valence-corrected chi connectivity index (χ1v) is 8.87. The number of rotatable bonds is 4. The monoisotopic (exact) mass is 359 g/mol. The third-order valence-corrected chi connectivity index (χ3v) is 4.64. The number of hydrogen-bond donors (Lipinski definition) is 1. The maximum Gasteiger partial charge on any atom is 0.341 e. The molecule has 0 atom stereocenters. The van der Waals surface area contributed by atoms with E-state index in [0.29, 0.717) is 0 Å². The van der Waals surface area contributed by atoms with Gasteiger partial charge in [0, 0.05) is 0 Å². The van der Waals surface area contributed by atoms with Crippen LogP contribution in [0, 0.1) is 5.82 Å². The number of esters is 1. The number of nitrogens with two attached hydrogens (primary N) is 1. The lowest BCUT2D eigenvalue weighted by atomic mass is 10.1. The van der Waals surface area contributed by atoms with Gasteiger partial charge in [-0.2, -0.15) is 0 Å². The van der Waals surface area contributed by atoms with Crippen molar-refractivity contribution in [1.29, 1.82) is 0 Å². The number of benzene rings is 3. The number of primary sulfonamides is 1. The minimum atomic E-state index is -4.05. The zero-order valence-corrected chi connectivity index (χ0v) is 13.8. The standard InChI is InChI=1S/C18H14FNO4S/c19-17-9-8-14(25(20,22)23)10-16(17)18(21)24-11-13-6-3-5-12-4-1-2-7-15(12)13/h1-10H,11H2,(H2,20,22,23). The van der Waals surface area contributed by atoms with Crippen LogP contribution < -0.4 is 5.14 Å². The van der Waals surface area contributed by atoms with Gasteiger partial charge in [-0.25, -0.2) is 22.7 Å². The van der Waals surface area contributed by atoms with E-state index in [9.17, 15) is 17.6 Å². The second kappa shape index (κ2) is 6.62. The molecule has 0 saturated heterocycles.